The van der Waals surface area contributed by atoms with Crippen molar-refractivity contribution in [2.75, 3.05) is 26.2 Å². The minimum absolute atomic E-state index is 0.0837. The van der Waals surface area contributed by atoms with E-state index in [2.05, 4.69) is 0 Å². The van der Waals surface area contributed by atoms with Gasteiger partial charge in [0.05, 0.1) is 0 Å². The molecule has 1 aliphatic rings. The highest BCUT2D eigenvalue weighted by Crippen LogP contribution is 2.16. The minimum atomic E-state index is -0.106. The monoisotopic (exact) mass is 303 g/mol. The summed E-state index contributed by atoms with van der Waals surface area (Å²) in [5, 5.41) is 0. The number of nitrogens with two attached hydrogens (primary N) is 1. The predicted octanol–water partition coefficient (Wildman–Crippen LogP) is 1.55. The maximum atomic E-state index is 12.3. The summed E-state index contributed by atoms with van der Waals surface area (Å²) in [7, 11) is 0. The van der Waals surface area contributed by atoms with E-state index in [1.54, 1.807) is 6.92 Å². The van der Waals surface area contributed by atoms with Crippen LogP contribution in [0.1, 0.15) is 37.8 Å². The first-order valence-electron chi connectivity index (χ1n) is 7.91. The van der Waals surface area contributed by atoms with Crippen LogP contribution in [0.25, 0.3) is 0 Å². The second kappa shape index (κ2) is 7.94. The van der Waals surface area contributed by atoms with E-state index in [0.29, 0.717) is 25.9 Å². The lowest BCUT2D eigenvalue weighted by Gasteiger charge is -2.22. The van der Waals surface area contributed by atoms with E-state index in [0.717, 1.165) is 25.1 Å². The molecule has 22 heavy (non-hydrogen) atoms. The number of rotatable bonds is 4. The third-order valence-electron chi connectivity index (χ3n) is 4.19. The predicted molar refractivity (Wildman–Crippen MR) is 86.1 cm³/mol. The molecule has 2 amide bonds. The van der Waals surface area contributed by atoms with Gasteiger partial charge in [-0.05, 0) is 18.4 Å². The van der Waals surface area contributed by atoms with Crippen LogP contribution < -0.4 is 5.73 Å². The molecule has 1 fully saturated rings. The van der Waals surface area contributed by atoms with Crippen molar-refractivity contribution in [3.05, 3.63) is 35.9 Å². The molecule has 0 bridgehead atoms. The van der Waals surface area contributed by atoms with Gasteiger partial charge in [0.15, 0.2) is 0 Å². The van der Waals surface area contributed by atoms with Gasteiger partial charge in [0.2, 0.25) is 11.8 Å². The molecule has 0 saturated carbocycles. The number of carbonyl (C=O) groups is 2. The highest BCUT2D eigenvalue weighted by atomic mass is 16.2. The fourth-order valence-electron chi connectivity index (χ4n) is 2.79. The summed E-state index contributed by atoms with van der Waals surface area (Å²) in [6.07, 6.45) is 1.95. The number of amides is 2. The lowest BCUT2D eigenvalue weighted by molar-refractivity contribution is -0.132. The second-order valence-corrected chi connectivity index (χ2v) is 5.80. The zero-order valence-electron chi connectivity index (χ0n) is 13.2. The maximum absolute atomic E-state index is 12.3. The molecule has 5 heteroatoms. The summed E-state index contributed by atoms with van der Waals surface area (Å²) in [5.74, 6) is 0.220. The average molecular weight is 303 g/mol. The van der Waals surface area contributed by atoms with Crippen LogP contribution in [-0.4, -0.2) is 47.8 Å². The van der Waals surface area contributed by atoms with E-state index in [-0.39, 0.29) is 17.9 Å². The first-order valence-corrected chi connectivity index (χ1v) is 7.91. The molecule has 0 unspecified atom stereocenters. The van der Waals surface area contributed by atoms with Gasteiger partial charge in [-0.15, -0.1) is 0 Å². The minimum Gasteiger partial charge on any atom is -0.341 e. The molecule has 2 rings (SSSR count). The zero-order chi connectivity index (χ0) is 15.9. The smallest absolute Gasteiger partial charge is 0.222 e. The highest BCUT2D eigenvalue weighted by molar-refractivity contribution is 5.77. The number of hydrogen-bond donors (Lipinski definition) is 1. The molecule has 1 aromatic carbocycles. The SMILES string of the molecule is CC(=O)N1CCCN(C(=O)CC[C@@H](N)c2ccccc2)CC1. The van der Waals surface area contributed by atoms with Gasteiger partial charge in [-0.1, -0.05) is 30.3 Å². The summed E-state index contributed by atoms with van der Waals surface area (Å²) in [4.78, 5) is 27.4. The lowest BCUT2D eigenvalue weighted by atomic mass is 10.0. The first-order chi connectivity index (χ1) is 10.6. The molecule has 2 N–H and O–H groups in total. The Balaban J connectivity index is 1.81. The van der Waals surface area contributed by atoms with Crippen molar-refractivity contribution in [2.24, 2.45) is 5.73 Å². The number of carbonyl (C=O) groups excluding carboxylic acids is 2. The van der Waals surface area contributed by atoms with Crippen molar-refractivity contribution in [1.29, 1.82) is 0 Å². The first kappa shape index (κ1) is 16.5. The molecule has 1 heterocycles. The van der Waals surface area contributed by atoms with Crippen LogP contribution in [0.4, 0.5) is 0 Å². The Kier molecular flexibility index (Phi) is 5.95. The largest absolute Gasteiger partial charge is 0.341 e. The lowest BCUT2D eigenvalue weighted by Crippen LogP contribution is -2.36. The quantitative estimate of drug-likeness (QED) is 0.917. The molecule has 5 nitrogen and oxygen atoms in total. The molecular weight excluding hydrogens is 278 g/mol. The Labute approximate surface area is 132 Å². The van der Waals surface area contributed by atoms with Crippen LogP contribution in [0.5, 0.6) is 0 Å². The number of benzene rings is 1. The van der Waals surface area contributed by atoms with Crippen molar-refractivity contribution >= 4 is 11.8 Å². The van der Waals surface area contributed by atoms with Crippen LogP contribution >= 0.6 is 0 Å². The van der Waals surface area contributed by atoms with E-state index in [1.165, 1.54) is 0 Å². The molecule has 0 radical (unpaired) electrons. The summed E-state index contributed by atoms with van der Waals surface area (Å²) in [6, 6.07) is 9.76. The topological polar surface area (TPSA) is 66.6 Å². The van der Waals surface area contributed by atoms with Crippen LogP contribution in [0.3, 0.4) is 0 Å². The van der Waals surface area contributed by atoms with Gasteiger partial charge in [-0.3, -0.25) is 9.59 Å². The van der Waals surface area contributed by atoms with Gasteiger partial charge in [0.1, 0.15) is 0 Å². The number of hydrogen-bond acceptors (Lipinski definition) is 3. The molecule has 0 aliphatic carbocycles. The average Bonchev–Trinajstić information content (AvgIpc) is 2.79. The van der Waals surface area contributed by atoms with E-state index in [4.69, 9.17) is 5.73 Å². The Morgan fingerprint density at radius 1 is 1.09 bits per heavy atom. The van der Waals surface area contributed by atoms with E-state index >= 15 is 0 Å². The summed E-state index contributed by atoms with van der Waals surface area (Å²) >= 11 is 0. The Morgan fingerprint density at radius 2 is 1.73 bits per heavy atom. The summed E-state index contributed by atoms with van der Waals surface area (Å²) < 4.78 is 0. The van der Waals surface area contributed by atoms with E-state index in [1.807, 2.05) is 40.1 Å². The molecule has 120 valence electrons. The van der Waals surface area contributed by atoms with Crippen molar-refractivity contribution in [3.8, 4) is 0 Å². The number of nitrogens with zero attached hydrogens (tertiary/aromatic N) is 2. The summed E-state index contributed by atoms with van der Waals surface area (Å²) in [5.41, 5.74) is 7.21. The highest BCUT2D eigenvalue weighted by Gasteiger charge is 2.20. The molecule has 0 aromatic heterocycles. The van der Waals surface area contributed by atoms with Gasteiger partial charge in [-0.25, -0.2) is 0 Å². The van der Waals surface area contributed by atoms with Crippen LogP contribution in [-0.2, 0) is 9.59 Å². The zero-order valence-corrected chi connectivity index (χ0v) is 13.2. The van der Waals surface area contributed by atoms with Gasteiger partial charge < -0.3 is 15.5 Å². The molecular formula is C17H25N3O2. The fraction of sp³-hybridized carbons (Fsp3) is 0.529. The van der Waals surface area contributed by atoms with E-state index in [9.17, 15) is 9.59 Å². The molecule has 1 atom stereocenters. The molecule has 1 saturated heterocycles. The second-order valence-electron chi connectivity index (χ2n) is 5.80. The maximum Gasteiger partial charge on any atom is 0.222 e. The molecule has 1 aromatic rings. The molecule has 0 spiro atoms. The van der Waals surface area contributed by atoms with Crippen LogP contribution in [0, 0.1) is 0 Å². The van der Waals surface area contributed by atoms with E-state index < -0.39 is 0 Å². The molecule has 1 aliphatic heterocycles. The fourth-order valence-corrected chi connectivity index (χ4v) is 2.79. The van der Waals surface area contributed by atoms with Crippen LogP contribution in [0.15, 0.2) is 30.3 Å². The van der Waals surface area contributed by atoms with Gasteiger partial charge >= 0.3 is 0 Å². The normalized spacial score (nSPS) is 17.0. The van der Waals surface area contributed by atoms with Crippen molar-refractivity contribution in [1.82, 2.24) is 9.80 Å². The standard InChI is InChI=1S/C17H25N3O2/c1-14(21)19-10-5-11-20(13-12-19)17(22)9-8-16(18)15-6-3-2-4-7-15/h2-4,6-7,16H,5,8-13,18H2,1H3/t16-/m1/s1. The third-order valence-corrected chi connectivity index (χ3v) is 4.19. The van der Waals surface area contributed by atoms with Crippen molar-refractivity contribution in [3.63, 3.8) is 0 Å². The van der Waals surface area contributed by atoms with Gasteiger partial charge in [0, 0.05) is 45.6 Å². The summed E-state index contributed by atoms with van der Waals surface area (Å²) in [6.45, 7) is 4.30. The van der Waals surface area contributed by atoms with Crippen LogP contribution in [0.2, 0.25) is 0 Å². The third kappa shape index (κ3) is 4.56. The Hall–Kier alpha value is -1.88. The van der Waals surface area contributed by atoms with Gasteiger partial charge in [-0.2, -0.15) is 0 Å². The van der Waals surface area contributed by atoms with Crippen molar-refractivity contribution in [2.45, 2.75) is 32.2 Å². The van der Waals surface area contributed by atoms with Crippen molar-refractivity contribution < 1.29 is 9.59 Å². The Morgan fingerprint density at radius 3 is 2.41 bits per heavy atom. The van der Waals surface area contributed by atoms with Gasteiger partial charge in [0.25, 0.3) is 0 Å². The Bertz CT molecular complexity index is 504.